The van der Waals surface area contributed by atoms with Crippen LogP contribution in [-0.4, -0.2) is 26.9 Å². The van der Waals surface area contributed by atoms with Crippen molar-refractivity contribution in [1.82, 2.24) is 4.73 Å². The van der Waals surface area contributed by atoms with Crippen LogP contribution in [0.4, 0.5) is 5.69 Å². The van der Waals surface area contributed by atoms with Crippen molar-refractivity contribution in [2.24, 2.45) is 5.92 Å². The fraction of sp³-hybridized carbons (Fsp3) is 0.250. The molecule has 24 heavy (non-hydrogen) atoms. The summed E-state index contributed by atoms with van der Waals surface area (Å²) in [6.07, 6.45) is -0.263. The van der Waals surface area contributed by atoms with Gasteiger partial charge in [0.15, 0.2) is 0 Å². The molecule has 8 heteroatoms. The number of nitrogens with zero attached hydrogens (tertiary/aromatic N) is 1. The highest BCUT2D eigenvalue weighted by atomic mass is 16.7. The summed E-state index contributed by atoms with van der Waals surface area (Å²) in [6, 6.07) is 7.35. The number of esters is 1. The van der Waals surface area contributed by atoms with Crippen molar-refractivity contribution >= 4 is 17.6 Å². The van der Waals surface area contributed by atoms with E-state index in [9.17, 15) is 19.8 Å². The number of nitrogens with two attached hydrogens (primary N) is 1. The number of rotatable bonds is 3. The van der Waals surface area contributed by atoms with Gasteiger partial charge in [-0.05, 0) is 17.5 Å². The molecule has 0 radical (unpaired) electrons. The first-order chi connectivity index (χ1) is 11.4. The Morgan fingerprint density at radius 1 is 1.29 bits per heavy atom. The highest BCUT2D eigenvalue weighted by Gasteiger charge is 2.37. The minimum atomic E-state index is -0.788. The van der Waals surface area contributed by atoms with E-state index in [0.717, 1.165) is 5.56 Å². The molecular weight excluding hydrogens is 316 g/mol. The number of hydrogen-bond donors (Lipinski definition) is 3. The third kappa shape index (κ3) is 2.73. The lowest BCUT2D eigenvalue weighted by Gasteiger charge is -2.29. The lowest BCUT2D eigenvalue weighted by Crippen LogP contribution is -2.34. The summed E-state index contributed by atoms with van der Waals surface area (Å²) in [5.74, 6) is -2.84. The highest BCUT2D eigenvalue weighted by Crippen LogP contribution is 2.39. The Hall–Kier alpha value is -3.16. The molecule has 4 N–H and O–H groups in total. The quantitative estimate of drug-likeness (QED) is 0.438. The van der Waals surface area contributed by atoms with Crippen molar-refractivity contribution in [3.8, 4) is 17.5 Å². The van der Waals surface area contributed by atoms with Crippen molar-refractivity contribution in [2.75, 3.05) is 5.73 Å². The Kier molecular flexibility index (Phi) is 3.80. The van der Waals surface area contributed by atoms with Crippen molar-refractivity contribution in [1.29, 1.82) is 0 Å². The van der Waals surface area contributed by atoms with Gasteiger partial charge in [-0.2, -0.15) is 0 Å². The number of benzene rings is 1. The van der Waals surface area contributed by atoms with Gasteiger partial charge in [-0.3, -0.25) is 4.79 Å². The number of carbonyl (C=O) groups excluding carboxylic acids is 2. The second kappa shape index (κ2) is 5.80. The van der Waals surface area contributed by atoms with Gasteiger partial charge in [-0.25, -0.2) is 4.79 Å². The van der Waals surface area contributed by atoms with Crippen molar-refractivity contribution in [2.45, 2.75) is 19.3 Å². The molecular formula is C16H16N2O6. The van der Waals surface area contributed by atoms with Crippen molar-refractivity contribution in [3.63, 3.8) is 0 Å². The molecule has 2 heterocycles. The average Bonchev–Trinajstić information content (AvgIpc) is 2.83. The van der Waals surface area contributed by atoms with Crippen molar-refractivity contribution < 1.29 is 29.4 Å². The Bertz CT molecular complexity index is 793. The molecule has 0 fully saturated rings. The van der Waals surface area contributed by atoms with Gasteiger partial charge in [0.2, 0.25) is 11.8 Å². The Morgan fingerprint density at radius 2 is 1.96 bits per heavy atom. The van der Waals surface area contributed by atoms with E-state index in [1.807, 2.05) is 0 Å². The fourth-order valence-corrected chi connectivity index (χ4v) is 2.69. The van der Waals surface area contributed by atoms with Crippen LogP contribution >= 0.6 is 0 Å². The standard InChI is InChI=1S/C16H16N2O6/c1-8-10-3-2-9(17)6-12(10)23-16(22)11(8)7-15(21)24-18-13(19)4-5-14(18)20/h2-6,8,11,19-20H,7,17H2,1H3. The second-order valence-corrected chi connectivity index (χ2v) is 5.63. The smallest absolute Gasteiger partial charge is 0.334 e. The maximum absolute atomic E-state index is 12.2. The summed E-state index contributed by atoms with van der Waals surface area (Å²) in [4.78, 5) is 29.1. The lowest BCUT2D eigenvalue weighted by atomic mass is 9.83. The Balaban J connectivity index is 1.76. The first-order valence-corrected chi connectivity index (χ1v) is 7.28. The van der Waals surface area contributed by atoms with Gasteiger partial charge in [-0.1, -0.05) is 13.0 Å². The molecule has 1 aliphatic heterocycles. The van der Waals surface area contributed by atoms with E-state index in [1.54, 1.807) is 25.1 Å². The largest absolute Gasteiger partial charge is 0.492 e. The summed E-state index contributed by atoms with van der Waals surface area (Å²) in [6.45, 7) is 1.80. The van der Waals surface area contributed by atoms with Gasteiger partial charge >= 0.3 is 11.9 Å². The Labute approximate surface area is 137 Å². The molecule has 0 saturated heterocycles. The molecule has 126 valence electrons. The predicted molar refractivity (Wildman–Crippen MR) is 82.4 cm³/mol. The van der Waals surface area contributed by atoms with E-state index in [1.165, 1.54) is 12.1 Å². The van der Waals surface area contributed by atoms with Crippen LogP contribution in [0.25, 0.3) is 0 Å². The fourth-order valence-electron chi connectivity index (χ4n) is 2.69. The van der Waals surface area contributed by atoms with Crippen LogP contribution in [0.2, 0.25) is 0 Å². The summed E-state index contributed by atoms with van der Waals surface area (Å²) in [5.41, 5.74) is 6.93. The highest BCUT2D eigenvalue weighted by molar-refractivity contribution is 5.84. The Morgan fingerprint density at radius 3 is 2.62 bits per heavy atom. The van der Waals surface area contributed by atoms with Crippen molar-refractivity contribution in [3.05, 3.63) is 35.9 Å². The minimum absolute atomic E-state index is 0.263. The third-order valence-electron chi connectivity index (χ3n) is 4.02. The van der Waals surface area contributed by atoms with Gasteiger partial charge < -0.3 is 25.5 Å². The van der Waals surface area contributed by atoms with Crippen LogP contribution in [0.15, 0.2) is 30.3 Å². The number of fused-ring (bicyclic) bond motifs is 1. The molecule has 2 atom stereocenters. The van der Waals surface area contributed by atoms with E-state index >= 15 is 0 Å². The number of anilines is 1. The average molecular weight is 332 g/mol. The molecule has 0 bridgehead atoms. The summed E-state index contributed by atoms with van der Waals surface area (Å²) in [5, 5.41) is 18.9. The molecule has 3 rings (SSSR count). The molecule has 1 aliphatic rings. The maximum atomic E-state index is 12.2. The molecule has 1 aromatic heterocycles. The van der Waals surface area contributed by atoms with E-state index in [2.05, 4.69) is 0 Å². The maximum Gasteiger partial charge on any atom is 0.334 e. The number of nitrogen functional groups attached to an aromatic ring is 1. The normalized spacial score (nSPS) is 19.5. The van der Waals surface area contributed by atoms with Crippen LogP contribution in [0.3, 0.4) is 0 Å². The summed E-state index contributed by atoms with van der Waals surface area (Å²) < 4.78 is 5.83. The zero-order chi connectivity index (χ0) is 17.4. The van der Waals surface area contributed by atoms with E-state index in [-0.39, 0.29) is 12.3 Å². The second-order valence-electron chi connectivity index (χ2n) is 5.63. The summed E-state index contributed by atoms with van der Waals surface area (Å²) >= 11 is 0. The first kappa shape index (κ1) is 15.7. The summed E-state index contributed by atoms with van der Waals surface area (Å²) in [7, 11) is 0. The van der Waals surface area contributed by atoms with Crippen LogP contribution in [0, 0.1) is 5.92 Å². The zero-order valence-electron chi connectivity index (χ0n) is 12.8. The molecule has 2 aromatic rings. The van der Waals surface area contributed by atoms with E-state index in [0.29, 0.717) is 16.2 Å². The molecule has 0 aliphatic carbocycles. The number of aromatic nitrogens is 1. The molecule has 0 amide bonds. The molecule has 1 aromatic carbocycles. The first-order valence-electron chi connectivity index (χ1n) is 7.28. The minimum Gasteiger partial charge on any atom is -0.492 e. The van der Waals surface area contributed by atoms with Crippen LogP contribution in [0.1, 0.15) is 24.8 Å². The number of hydrogen-bond acceptors (Lipinski definition) is 7. The molecule has 0 spiro atoms. The van der Waals surface area contributed by atoms with Gasteiger partial charge in [0.25, 0.3) is 0 Å². The topological polar surface area (TPSA) is 124 Å². The van der Waals surface area contributed by atoms with Gasteiger partial charge in [0.05, 0.1) is 12.3 Å². The van der Waals surface area contributed by atoms with Gasteiger partial charge in [0.1, 0.15) is 5.75 Å². The molecule has 0 saturated carbocycles. The van der Waals surface area contributed by atoms with Crippen LogP contribution in [-0.2, 0) is 9.59 Å². The van der Waals surface area contributed by atoms with Gasteiger partial charge in [0, 0.05) is 23.9 Å². The number of ether oxygens (including phenoxy) is 1. The van der Waals surface area contributed by atoms with Crippen LogP contribution < -0.4 is 15.3 Å². The SMILES string of the molecule is CC1c2ccc(N)cc2OC(=O)C1CC(=O)On1c(O)ccc1O. The zero-order valence-corrected chi connectivity index (χ0v) is 12.8. The predicted octanol–water partition coefficient (Wildman–Crippen LogP) is 1.17. The molecule has 8 nitrogen and oxygen atoms in total. The van der Waals surface area contributed by atoms with E-state index in [4.69, 9.17) is 15.3 Å². The van der Waals surface area contributed by atoms with Gasteiger partial charge in [-0.15, -0.1) is 4.73 Å². The van der Waals surface area contributed by atoms with E-state index < -0.39 is 29.6 Å². The lowest BCUT2D eigenvalue weighted by molar-refractivity contribution is -0.152. The number of carbonyl (C=O) groups is 2. The monoisotopic (exact) mass is 332 g/mol. The molecule has 2 unspecified atom stereocenters. The van der Waals surface area contributed by atoms with Crippen LogP contribution in [0.5, 0.6) is 17.5 Å². The number of aromatic hydroxyl groups is 2. The third-order valence-corrected chi connectivity index (χ3v) is 4.02.